The van der Waals surface area contributed by atoms with Crippen molar-refractivity contribution in [3.63, 3.8) is 0 Å². The molecule has 0 spiro atoms. The van der Waals surface area contributed by atoms with Crippen LogP contribution in [0.25, 0.3) is 0 Å². The number of carbonyl (C=O) groups is 1. The Kier molecular flexibility index (Phi) is 6.46. The molecule has 0 aliphatic carbocycles. The maximum atomic E-state index is 12.1. The first-order chi connectivity index (χ1) is 11.0. The fourth-order valence-electron chi connectivity index (χ4n) is 2.88. The van der Waals surface area contributed by atoms with Gasteiger partial charge < -0.3 is 9.64 Å². The smallest absolute Gasteiger partial charge is 0.222 e. The van der Waals surface area contributed by atoms with Gasteiger partial charge in [0.2, 0.25) is 5.91 Å². The molecule has 0 bridgehead atoms. The number of hydrogen-bond acceptors (Lipinski definition) is 3. The summed E-state index contributed by atoms with van der Waals surface area (Å²) in [6, 6.07) is 8.25. The number of carbonyl (C=O) groups excluding carboxylic acids is 1. The predicted molar refractivity (Wildman–Crippen MR) is 93.5 cm³/mol. The first-order valence-electron chi connectivity index (χ1n) is 8.70. The second kappa shape index (κ2) is 8.34. The SMILES string of the molecule is CC(C)CC(=O)N1CCN(Cc2ccccc2OC(C)C)CC1. The Morgan fingerprint density at radius 3 is 2.35 bits per heavy atom. The fraction of sp³-hybridized carbons (Fsp3) is 0.632. The molecule has 0 saturated carbocycles. The number of piperazine rings is 1. The number of benzene rings is 1. The first-order valence-corrected chi connectivity index (χ1v) is 8.70. The van der Waals surface area contributed by atoms with Crippen LogP contribution in [0.5, 0.6) is 5.75 Å². The van der Waals surface area contributed by atoms with Crippen molar-refractivity contribution in [2.45, 2.75) is 46.8 Å². The Morgan fingerprint density at radius 1 is 1.09 bits per heavy atom. The highest BCUT2D eigenvalue weighted by Crippen LogP contribution is 2.22. The predicted octanol–water partition coefficient (Wildman–Crippen LogP) is 3.16. The highest BCUT2D eigenvalue weighted by Gasteiger charge is 2.22. The molecule has 0 N–H and O–H groups in total. The van der Waals surface area contributed by atoms with E-state index in [0.29, 0.717) is 18.2 Å². The van der Waals surface area contributed by atoms with Crippen molar-refractivity contribution in [1.82, 2.24) is 9.80 Å². The molecule has 1 amide bonds. The van der Waals surface area contributed by atoms with E-state index in [4.69, 9.17) is 4.74 Å². The molecule has 0 unspecified atom stereocenters. The Balaban J connectivity index is 1.88. The van der Waals surface area contributed by atoms with Crippen LogP contribution >= 0.6 is 0 Å². The van der Waals surface area contributed by atoms with Gasteiger partial charge in [0.05, 0.1) is 6.10 Å². The van der Waals surface area contributed by atoms with Gasteiger partial charge in [-0.25, -0.2) is 0 Å². The zero-order valence-corrected chi connectivity index (χ0v) is 14.9. The molecule has 0 atom stereocenters. The van der Waals surface area contributed by atoms with E-state index in [1.807, 2.05) is 17.0 Å². The van der Waals surface area contributed by atoms with E-state index in [9.17, 15) is 4.79 Å². The van der Waals surface area contributed by atoms with Crippen LogP contribution in [-0.2, 0) is 11.3 Å². The molecule has 2 rings (SSSR count). The largest absolute Gasteiger partial charge is 0.491 e. The summed E-state index contributed by atoms with van der Waals surface area (Å²) >= 11 is 0. The van der Waals surface area contributed by atoms with E-state index in [-0.39, 0.29) is 6.10 Å². The number of ether oxygens (including phenoxy) is 1. The monoisotopic (exact) mass is 318 g/mol. The summed E-state index contributed by atoms with van der Waals surface area (Å²) in [7, 11) is 0. The first kappa shape index (κ1) is 17.8. The highest BCUT2D eigenvalue weighted by atomic mass is 16.5. The lowest BCUT2D eigenvalue weighted by Gasteiger charge is -2.35. The number of nitrogens with zero attached hydrogens (tertiary/aromatic N) is 2. The standard InChI is InChI=1S/C19H30N2O2/c1-15(2)13-19(22)21-11-9-20(10-12-21)14-17-7-5-6-8-18(17)23-16(3)4/h5-8,15-16H,9-14H2,1-4H3. The quantitative estimate of drug-likeness (QED) is 0.808. The second-order valence-corrected chi connectivity index (χ2v) is 7.03. The van der Waals surface area contributed by atoms with Crippen LogP contribution < -0.4 is 4.74 Å². The summed E-state index contributed by atoms with van der Waals surface area (Å²) in [5, 5.41) is 0. The Morgan fingerprint density at radius 2 is 1.74 bits per heavy atom. The molecule has 1 aliphatic rings. The summed E-state index contributed by atoms with van der Waals surface area (Å²) < 4.78 is 5.90. The van der Waals surface area contributed by atoms with E-state index >= 15 is 0 Å². The lowest BCUT2D eigenvalue weighted by molar-refractivity contribution is -0.133. The topological polar surface area (TPSA) is 32.8 Å². The number of amides is 1. The minimum absolute atomic E-state index is 0.182. The second-order valence-electron chi connectivity index (χ2n) is 7.03. The zero-order chi connectivity index (χ0) is 16.8. The van der Waals surface area contributed by atoms with Gasteiger partial charge in [-0.1, -0.05) is 32.0 Å². The van der Waals surface area contributed by atoms with Gasteiger partial charge >= 0.3 is 0 Å². The maximum Gasteiger partial charge on any atom is 0.222 e. The number of para-hydroxylation sites is 1. The molecule has 1 aliphatic heterocycles. The van der Waals surface area contributed by atoms with Gasteiger partial charge in [-0.2, -0.15) is 0 Å². The van der Waals surface area contributed by atoms with Crippen molar-refractivity contribution in [3.8, 4) is 5.75 Å². The molecule has 1 heterocycles. The molecule has 4 heteroatoms. The Bertz CT molecular complexity index is 506. The Labute approximate surface area is 140 Å². The van der Waals surface area contributed by atoms with Gasteiger partial charge in [0.15, 0.2) is 0 Å². The number of hydrogen-bond donors (Lipinski definition) is 0. The fourth-order valence-corrected chi connectivity index (χ4v) is 2.88. The van der Waals surface area contributed by atoms with Gasteiger partial charge in [0.1, 0.15) is 5.75 Å². The third kappa shape index (κ3) is 5.54. The van der Waals surface area contributed by atoms with E-state index in [0.717, 1.165) is 38.5 Å². The van der Waals surface area contributed by atoms with Crippen LogP contribution in [-0.4, -0.2) is 48.0 Å². The summed E-state index contributed by atoms with van der Waals surface area (Å²) in [4.78, 5) is 16.5. The van der Waals surface area contributed by atoms with Gasteiger partial charge in [-0.05, 0) is 25.8 Å². The van der Waals surface area contributed by atoms with Gasteiger partial charge in [0, 0.05) is 44.7 Å². The highest BCUT2D eigenvalue weighted by molar-refractivity contribution is 5.76. The Hall–Kier alpha value is -1.55. The van der Waals surface area contributed by atoms with Crippen molar-refractivity contribution in [1.29, 1.82) is 0 Å². The average molecular weight is 318 g/mol. The van der Waals surface area contributed by atoms with Crippen molar-refractivity contribution >= 4 is 5.91 Å². The molecule has 1 aromatic rings. The molecule has 4 nitrogen and oxygen atoms in total. The van der Waals surface area contributed by atoms with Crippen molar-refractivity contribution in [3.05, 3.63) is 29.8 Å². The lowest BCUT2D eigenvalue weighted by Crippen LogP contribution is -2.48. The van der Waals surface area contributed by atoms with Crippen LogP contribution in [0, 0.1) is 5.92 Å². The minimum Gasteiger partial charge on any atom is -0.491 e. The molecule has 0 aromatic heterocycles. The molecular formula is C19H30N2O2. The molecule has 128 valence electrons. The van der Waals surface area contributed by atoms with Crippen molar-refractivity contribution in [2.75, 3.05) is 26.2 Å². The van der Waals surface area contributed by atoms with E-state index in [2.05, 4.69) is 44.7 Å². The normalized spacial score (nSPS) is 16.2. The summed E-state index contributed by atoms with van der Waals surface area (Å²) in [5.74, 6) is 1.70. The summed E-state index contributed by atoms with van der Waals surface area (Å²) in [5.41, 5.74) is 1.23. The van der Waals surface area contributed by atoms with Crippen LogP contribution in [0.4, 0.5) is 0 Å². The molecule has 23 heavy (non-hydrogen) atoms. The molecule has 0 radical (unpaired) electrons. The van der Waals surface area contributed by atoms with Crippen LogP contribution in [0.1, 0.15) is 39.7 Å². The zero-order valence-electron chi connectivity index (χ0n) is 14.9. The van der Waals surface area contributed by atoms with Crippen molar-refractivity contribution < 1.29 is 9.53 Å². The minimum atomic E-state index is 0.182. The molecule has 1 aromatic carbocycles. The van der Waals surface area contributed by atoms with Gasteiger partial charge in [0.25, 0.3) is 0 Å². The molecule has 1 saturated heterocycles. The van der Waals surface area contributed by atoms with E-state index < -0.39 is 0 Å². The maximum absolute atomic E-state index is 12.1. The van der Waals surface area contributed by atoms with E-state index in [1.54, 1.807) is 0 Å². The van der Waals surface area contributed by atoms with Gasteiger partial charge in [-0.3, -0.25) is 9.69 Å². The number of rotatable bonds is 6. The van der Waals surface area contributed by atoms with Crippen LogP contribution in [0.3, 0.4) is 0 Å². The van der Waals surface area contributed by atoms with Crippen molar-refractivity contribution in [2.24, 2.45) is 5.92 Å². The van der Waals surface area contributed by atoms with E-state index in [1.165, 1.54) is 5.56 Å². The molecular weight excluding hydrogens is 288 g/mol. The third-order valence-electron chi connectivity index (χ3n) is 4.04. The molecule has 1 fully saturated rings. The van der Waals surface area contributed by atoms with Crippen LogP contribution in [0.2, 0.25) is 0 Å². The van der Waals surface area contributed by atoms with Gasteiger partial charge in [-0.15, -0.1) is 0 Å². The third-order valence-corrected chi connectivity index (χ3v) is 4.04. The summed E-state index contributed by atoms with van der Waals surface area (Å²) in [6.45, 7) is 12.7. The van der Waals surface area contributed by atoms with Crippen LogP contribution in [0.15, 0.2) is 24.3 Å². The summed E-state index contributed by atoms with van der Waals surface area (Å²) in [6.07, 6.45) is 0.840. The lowest BCUT2D eigenvalue weighted by atomic mass is 10.1. The average Bonchev–Trinajstić information content (AvgIpc) is 2.49.